The molecule has 2 atom stereocenters. The molecule has 0 aliphatic carbocycles. The average molecular weight is 452 g/mol. The normalized spacial score (nSPS) is 19.2. The van der Waals surface area contributed by atoms with Gasteiger partial charge in [-0.25, -0.2) is 9.37 Å². The Morgan fingerprint density at radius 2 is 1.84 bits per heavy atom. The Balaban J connectivity index is 1.44. The molecule has 32 heavy (non-hydrogen) atoms. The third-order valence-electron chi connectivity index (χ3n) is 6.23. The van der Waals surface area contributed by atoms with Crippen LogP contribution in [-0.2, 0) is 0 Å². The number of amides is 1. The van der Waals surface area contributed by atoms with Crippen LogP contribution in [-0.4, -0.2) is 41.0 Å². The van der Waals surface area contributed by atoms with E-state index in [0.717, 1.165) is 33.8 Å². The Hall–Kier alpha value is -2.44. The van der Waals surface area contributed by atoms with Gasteiger partial charge in [0.15, 0.2) is 0 Å². The summed E-state index contributed by atoms with van der Waals surface area (Å²) in [5.41, 5.74) is 1.40. The van der Waals surface area contributed by atoms with Gasteiger partial charge in [-0.1, -0.05) is 36.4 Å². The highest BCUT2D eigenvalue weighted by atomic mass is 32.2. The van der Waals surface area contributed by atoms with Crippen molar-refractivity contribution >= 4 is 28.6 Å². The predicted molar refractivity (Wildman–Crippen MR) is 129 cm³/mol. The third-order valence-corrected chi connectivity index (χ3v) is 7.15. The SMILES string of the molecule is CC1CCCC(C)N1CCCNC(=O)c1cc(Sc2ccc(F)cc2)nc2ccccc12. The molecule has 1 aliphatic heterocycles. The summed E-state index contributed by atoms with van der Waals surface area (Å²) in [6, 6.07) is 17.1. The molecular weight excluding hydrogens is 421 g/mol. The molecule has 2 heterocycles. The monoisotopic (exact) mass is 451 g/mol. The number of likely N-dealkylation sites (tertiary alicyclic amines) is 1. The summed E-state index contributed by atoms with van der Waals surface area (Å²) < 4.78 is 13.2. The minimum atomic E-state index is -0.269. The zero-order valence-corrected chi connectivity index (χ0v) is 19.5. The molecule has 1 aromatic heterocycles. The number of fused-ring (bicyclic) bond motifs is 1. The lowest BCUT2D eigenvalue weighted by molar-refractivity contribution is 0.0926. The van der Waals surface area contributed by atoms with E-state index >= 15 is 0 Å². The summed E-state index contributed by atoms with van der Waals surface area (Å²) in [5.74, 6) is -0.349. The predicted octanol–water partition coefficient (Wildman–Crippen LogP) is 5.91. The van der Waals surface area contributed by atoms with Crippen molar-refractivity contribution in [2.24, 2.45) is 0 Å². The van der Waals surface area contributed by atoms with Crippen molar-refractivity contribution in [1.82, 2.24) is 15.2 Å². The minimum absolute atomic E-state index is 0.0794. The highest BCUT2D eigenvalue weighted by molar-refractivity contribution is 7.99. The van der Waals surface area contributed by atoms with Crippen LogP contribution in [0.3, 0.4) is 0 Å². The molecule has 1 fully saturated rings. The fourth-order valence-electron chi connectivity index (χ4n) is 4.49. The van der Waals surface area contributed by atoms with Crippen LogP contribution in [0.2, 0.25) is 0 Å². The number of rotatable bonds is 7. The number of hydrogen-bond donors (Lipinski definition) is 1. The summed E-state index contributed by atoms with van der Waals surface area (Å²) in [6.45, 7) is 6.26. The molecule has 1 amide bonds. The number of para-hydroxylation sites is 1. The second-order valence-electron chi connectivity index (χ2n) is 8.56. The Morgan fingerprint density at radius 1 is 1.12 bits per heavy atom. The number of benzene rings is 2. The van der Waals surface area contributed by atoms with Crippen molar-refractivity contribution in [2.75, 3.05) is 13.1 Å². The Kier molecular flexibility index (Phi) is 7.43. The molecule has 1 N–H and O–H groups in total. The van der Waals surface area contributed by atoms with Gasteiger partial charge in [-0.05, 0) is 69.5 Å². The van der Waals surface area contributed by atoms with Crippen LogP contribution in [0.1, 0.15) is 49.9 Å². The van der Waals surface area contributed by atoms with Crippen LogP contribution in [0.15, 0.2) is 64.5 Å². The second-order valence-corrected chi connectivity index (χ2v) is 9.65. The highest BCUT2D eigenvalue weighted by Crippen LogP contribution is 2.30. The number of halogens is 1. The van der Waals surface area contributed by atoms with Crippen LogP contribution in [0.5, 0.6) is 0 Å². The molecule has 0 bridgehead atoms. The average Bonchev–Trinajstić information content (AvgIpc) is 2.79. The van der Waals surface area contributed by atoms with Crippen LogP contribution in [0.4, 0.5) is 4.39 Å². The van der Waals surface area contributed by atoms with E-state index in [1.165, 1.54) is 43.2 Å². The number of carbonyl (C=O) groups excluding carboxylic acids is 1. The number of nitrogens with zero attached hydrogens (tertiary/aromatic N) is 2. The van der Waals surface area contributed by atoms with Gasteiger partial charge in [0.05, 0.1) is 11.1 Å². The van der Waals surface area contributed by atoms with Gasteiger partial charge in [0.2, 0.25) is 0 Å². The maximum Gasteiger partial charge on any atom is 0.252 e. The third kappa shape index (κ3) is 5.48. The van der Waals surface area contributed by atoms with Crippen LogP contribution in [0, 0.1) is 5.82 Å². The largest absolute Gasteiger partial charge is 0.352 e. The molecule has 2 aromatic carbocycles. The number of carbonyl (C=O) groups is 1. The molecule has 0 spiro atoms. The van der Waals surface area contributed by atoms with Crippen molar-refractivity contribution in [3.63, 3.8) is 0 Å². The molecule has 4 rings (SSSR count). The van der Waals surface area contributed by atoms with Gasteiger partial charge in [0, 0.05) is 35.5 Å². The fraction of sp³-hybridized carbons (Fsp3) is 0.385. The lowest BCUT2D eigenvalue weighted by Crippen LogP contribution is -2.44. The molecule has 6 heteroatoms. The van der Waals surface area contributed by atoms with Gasteiger partial charge >= 0.3 is 0 Å². The Labute approximate surface area is 193 Å². The molecule has 0 saturated carbocycles. The topological polar surface area (TPSA) is 45.2 Å². The van der Waals surface area contributed by atoms with Gasteiger partial charge < -0.3 is 5.32 Å². The lowest BCUT2D eigenvalue weighted by Gasteiger charge is -2.39. The molecule has 168 valence electrons. The van der Waals surface area contributed by atoms with E-state index in [0.29, 0.717) is 24.2 Å². The Bertz CT molecular complexity index is 1060. The number of piperidine rings is 1. The molecule has 2 unspecified atom stereocenters. The quantitative estimate of drug-likeness (QED) is 0.454. The van der Waals surface area contributed by atoms with E-state index in [9.17, 15) is 9.18 Å². The summed E-state index contributed by atoms with van der Waals surface area (Å²) in [4.78, 5) is 21.2. The van der Waals surface area contributed by atoms with E-state index in [4.69, 9.17) is 4.98 Å². The summed E-state index contributed by atoms with van der Waals surface area (Å²) in [6.07, 6.45) is 4.76. The standard InChI is InChI=1S/C26H30FN3OS/c1-18-7-5-8-19(2)30(18)16-6-15-28-26(31)23-17-25(29-24-10-4-3-9-22(23)24)32-21-13-11-20(27)12-14-21/h3-4,9-14,17-19H,5-8,15-16H2,1-2H3,(H,28,31). The molecule has 1 aliphatic rings. The highest BCUT2D eigenvalue weighted by Gasteiger charge is 2.23. The number of nitrogens with one attached hydrogen (secondary N) is 1. The van der Waals surface area contributed by atoms with Crippen molar-refractivity contribution in [1.29, 1.82) is 0 Å². The minimum Gasteiger partial charge on any atom is -0.352 e. The van der Waals surface area contributed by atoms with Gasteiger partial charge in [0.25, 0.3) is 5.91 Å². The first-order chi connectivity index (χ1) is 15.5. The summed E-state index contributed by atoms with van der Waals surface area (Å²) >= 11 is 1.43. The van der Waals surface area contributed by atoms with Gasteiger partial charge in [0.1, 0.15) is 10.8 Å². The van der Waals surface area contributed by atoms with Gasteiger partial charge in [-0.2, -0.15) is 0 Å². The molecular formula is C26H30FN3OS. The van der Waals surface area contributed by atoms with Crippen LogP contribution >= 0.6 is 11.8 Å². The summed E-state index contributed by atoms with van der Waals surface area (Å²) in [7, 11) is 0. The van der Waals surface area contributed by atoms with Crippen molar-refractivity contribution in [2.45, 2.75) is 61.5 Å². The van der Waals surface area contributed by atoms with E-state index < -0.39 is 0 Å². The molecule has 1 saturated heterocycles. The van der Waals surface area contributed by atoms with Gasteiger partial charge in [-0.3, -0.25) is 9.69 Å². The second kappa shape index (κ2) is 10.5. The first-order valence-electron chi connectivity index (χ1n) is 11.4. The lowest BCUT2D eigenvalue weighted by atomic mass is 9.97. The molecule has 0 radical (unpaired) electrons. The van der Waals surface area contributed by atoms with Crippen molar-refractivity contribution in [3.05, 3.63) is 66.0 Å². The summed E-state index contributed by atoms with van der Waals surface area (Å²) in [5, 5.41) is 4.67. The zero-order chi connectivity index (χ0) is 22.5. The maximum absolute atomic E-state index is 13.2. The van der Waals surface area contributed by atoms with E-state index in [1.54, 1.807) is 12.1 Å². The number of hydrogen-bond acceptors (Lipinski definition) is 4. The van der Waals surface area contributed by atoms with Crippen molar-refractivity contribution in [3.8, 4) is 0 Å². The van der Waals surface area contributed by atoms with Crippen LogP contribution < -0.4 is 5.32 Å². The van der Waals surface area contributed by atoms with Gasteiger partial charge in [-0.15, -0.1) is 0 Å². The van der Waals surface area contributed by atoms with E-state index in [1.807, 2.05) is 30.3 Å². The number of pyridine rings is 1. The zero-order valence-electron chi connectivity index (χ0n) is 18.7. The first-order valence-corrected chi connectivity index (χ1v) is 12.2. The van der Waals surface area contributed by atoms with E-state index in [2.05, 4.69) is 24.1 Å². The molecule has 4 nitrogen and oxygen atoms in total. The van der Waals surface area contributed by atoms with Crippen LogP contribution in [0.25, 0.3) is 10.9 Å². The fourth-order valence-corrected chi connectivity index (χ4v) is 5.32. The number of aromatic nitrogens is 1. The van der Waals surface area contributed by atoms with Crippen molar-refractivity contribution < 1.29 is 9.18 Å². The van der Waals surface area contributed by atoms with E-state index in [-0.39, 0.29) is 11.7 Å². The Morgan fingerprint density at radius 3 is 2.59 bits per heavy atom. The molecule has 3 aromatic rings. The maximum atomic E-state index is 13.2. The smallest absolute Gasteiger partial charge is 0.252 e. The first kappa shape index (κ1) is 22.7.